The molecule has 0 unspecified atom stereocenters. The lowest BCUT2D eigenvalue weighted by atomic mass is 10.2. The molecule has 2 heterocycles. The molecule has 2 aromatic rings. The molecular weight excluding hydrogens is 437 g/mol. The van der Waals surface area contributed by atoms with Gasteiger partial charge in [-0.05, 0) is 40.9 Å². The SMILES string of the molecule is O=C(Cn1nc(C(F)(F)F)c(Br)c1C1CC1)N1CCN(c2ccccc2)CC1. The van der Waals surface area contributed by atoms with Crippen LogP contribution in [0.1, 0.15) is 30.1 Å². The highest BCUT2D eigenvalue weighted by molar-refractivity contribution is 9.10. The van der Waals surface area contributed by atoms with E-state index in [1.165, 1.54) is 4.68 Å². The lowest BCUT2D eigenvalue weighted by Crippen LogP contribution is -2.49. The van der Waals surface area contributed by atoms with Crippen molar-refractivity contribution in [2.75, 3.05) is 31.1 Å². The maximum Gasteiger partial charge on any atom is 0.436 e. The highest BCUT2D eigenvalue weighted by atomic mass is 79.9. The van der Waals surface area contributed by atoms with Crippen LogP contribution in [-0.2, 0) is 17.5 Å². The highest BCUT2D eigenvalue weighted by Gasteiger charge is 2.42. The van der Waals surface area contributed by atoms with Gasteiger partial charge in [0, 0.05) is 37.8 Å². The number of para-hydroxylation sites is 1. The fraction of sp³-hybridized carbons (Fsp3) is 0.474. The molecule has 1 amide bonds. The van der Waals surface area contributed by atoms with E-state index in [4.69, 9.17) is 0 Å². The van der Waals surface area contributed by atoms with Crippen LogP contribution >= 0.6 is 15.9 Å². The van der Waals surface area contributed by atoms with Crippen LogP contribution in [0.3, 0.4) is 0 Å². The summed E-state index contributed by atoms with van der Waals surface area (Å²) in [6.45, 7) is 2.32. The van der Waals surface area contributed by atoms with Gasteiger partial charge in [0.15, 0.2) is 5.69 Å². The third-order valence-electron chi connectivity index (χ3n) is 5.20. The highest BCUT2D eigenvalue weighted by Crippen LogP contribution is 2.47. The second kappa shape index (κ2) is 7.42. The minimum Gasteiger partial charge on any atom is -0.368 e. The average Bonchev–Trinajstić information content (AvgIpc) is 3.45. The normalized spacial score (nSPS) is 17.9. The predicted molar refractivity (Wildman–Crippen MR) is 102 cm³/mol. The molecule has 1 saturated heterocycles. The second-order valence-corrected chi connectivity index (χ2v) is 7.97. The number of aromatic nitrogens is 2. The Morgan fingerprint density at radius 2 is 1.75 bits per heavy atom. The van der Waals surface area contributed by atoms with Gasteiger partial charge in [-0.3, -0.25) is 9.48 Å². The Bertz CT molecular complexity index is 856. The van der Waals surface area contributed by atoms with Gasteiger partial charge in [-0.15, -0.1) is 0 Å². The van der Waals surface area contributed by atoms with Crippen molar-refractivity contribution in [3.8, 4) is 0 Å². The van der Waals surface area contributed by atoms with Gasteiger partial charge in [-0.2, -0.15) is 18.3 Å². The van der Waals surface area contributed by atoms with Gasteiger partial charge in [-0.1, -0.05) is 18.2 Å². The van der Waals surface area contributed by atoms with Crippen LogP contribution < -0.4 is 4.90 Å². The zero-order valence-corrected chi connectivity index (χ0v) is 16.7. The third kappa shape index (κ3) is 3.90. The van der Waals surface area contributed by atoms with Crippen molar-refractivity contribution in [3.05, 3.63) is 46.2 Å². The first kappa shape index (κ1) is 19.3. The summed E-state index contributed by atoms with van der Waals surface area (Å²) in [6, 6.07) is 9.96. The number of piperazine rings is 1. The summed E-state index contributed by atoms with van der Waals surface area (Å²) in [5.41, 5.74) is 0.649. The molecule has 0 spiro atoms. The Morgan fingerprint density at radius 1 is 1.11 bits per heavy atom. The number of halogens is 4. The number of amides is 1. The van der Waals surface area contributed by atoms with Gasteiger partial charge in [-0.25, -0.2) is 0 Å². The lowest BCUT2D eigenvalue weighted by molar-refractivity contribution is -0.142. The van der Waals surface area contributed by atoms with E-state index in [1.54, 1.807) is 4.90 Å². The van der Waals surface area contributed by atoms with Crippen molar-refractivity contribution in [1.82, 2.24) is 14.7 Å². The molecule has 4 rings (SSSR count). The van der Waals surface area contributed by atoms with Crippen LogP contribution in [0.2, 0.25) is 0 Å². The zero-order chi connectivity index (χ0) is 19.9. The van der Waals surface area contributed by atoms with Crippen molar-refractivity contribution in [2.45, 2.75) is 31.5 Å². The standard InChI is InChI=1S/C19H20BrF3N4O/c20-16-17(13-6-7-13)27(24-18(16)19(21,22)23)12-15(28)26-10-8-25(9-11-26)14-4-2-1-3-5-14/h1-5,13H,6-12H2. The Hall–Kier alpha value is -2.03. The molecule has 1 aliphatic carbocycles. The van der Waals surface area contributed by atoms with Gasteiger partial charge >= 0.3 is 6.18 Å². The van der Waals surface area contributed by atoms with Gasteiger partial charge in [0.05, 0.1) is 10.2 Å². The van der Waals surface area contributed by atoms with E-state index in [0.717, 1.165) is 18.5 Å². The Kier molecular flexibility index (Phi) is 5.11. The van der Waals surface area contributed by atoms with Crippen LogP contribution in [0.4, 0.5) is 18.9 Å². The summed E-state index contributed by atoms with van der Waals surface area (Å²) in [4.78, 5) is 16.6. The molecule has 0 atom stereocenters. The zero-order valence-electron chi connectivity index (χ0n) is 15.1. The maximum atomic E-state index is 13.2. The van der Waals surface area contributed by atoms with Crippen LogP contribution in [-0.4, -0.2) is 46.8 Å². The molecule has 2 fully saturated rings. The number of hydrogen-bond acceptors (Lipinski definition) is 3. The van der Waals surface area contributed by atoms with Crippen molar-refractivity contribution in [2.24, 2.45) is 0 Å². The number of hydrogen-bond donors (Lipinski definition) is 0. The molecule has 150 valence electrons. The lowest BCUT2D eigenvalue weighted by Gasteiger charge is -2.36. The Morgan fingerprint density at radius 3 is 2.32 bits per heavy atom. The van der Waals surface area contributed by atoms with Crippen LogP contribution in [0.25, 0.3) is 0 Å². The summed E-state index contributed by atoms with van der Waals surface area (Å²) < 4.78 is 40.9. The summed E-state index contributed by atoms with van der Waals surface area (Å²) in [6.07, 6.45) is -2.89. The van der Waals surface area contributed by atoms with Gasteiger partial charge < -0.3 is 9.80 Å². The van der Waals surface area contributed by atoms with Crippen LogP contribution in [0.15, 0.2) is 34.8 Å². The fourth-order valence-electron chi connectivity index (χ4n) is 3.58. The fourth-order valence-corrected chi connectivity index (χ4v) is 4.41. The van der Waals surface area contributed by atoms with Gasteiger partial charge in [0.25, 0.3) is 0 Å². The molecule has 0 bridgehead atoms. The quantitative estimate of drug-likeness (QED) is 0.700. The summed E-state index contributed by atoms with van der Waals surface area (Å²) in [5, 5.41) is 3.73. The Labute approximate surface area is 169 Å². The van der Waals surface area contributed by atoms with Crippen molar-refractivity contribution in [1.29, 1.82) is 0 Å². The molecule has 1 saturated carbocycles. The molecule has 1 aromatic carbocycles. The molecule has 0 N–H and O–H groups in total. The van der Waals surface area contributed by atoms with Crippen molar-refractivity contribution < 1.29 is 18.0 Å². The first-order valence-electron chi connectivity index (χ1n) is 9.26. The second-order valence-electron chi connectivity index (χ2n) is 7.18. The number of anilines is 1. The van der Waals surface area contributed by atoms with E-state index in [-0.39, 0.29) is 22.8 Å². The van der Waals surface area contributed by atoms with Crippen LogP contribution in [0, 0.1) is 0 Å². The van der Waals surface area contributed by atoms with E-state index in [2.05, 4.69) is 25.9 Å². The van der Waals surface area contributed by atoms with Crippen molar-refractivity contribution in [3.63, 3.8) is 0 Å². The molecule has 5 nitrogen and oxygen atoms in total. The molecule has 9 heteroatoms. The van der Waals surface area contributed by atoms with Gasteiger partial charge in [0.1, 0.15) is 6.54 Å². The monoisotopic (exact) mass is 456 g/mol. The topological polar surface area (TPSA) is 41.4 Å². The first-order chi connectivity index (χ1) is 13.3. The largest absolute Gasteiger partial charge is 0.436 e. The summed E-state index contributed by atoms with van der Waals surface area (Å²) in [5.74, 6) is -0.154. The molecular formula is C19H20BrF3N4O. The third-order valence-corrected chi connectivity index (χ3v) is 5.98. The first-order valence-corrected chi connectivity index (χ1v) is 10.0. The number of rotatable bonds is 4. The van der Waals surface area contributed by atoms with E-state index in [9.17, 15) is 18.0 Å². The average molecular weight is 457 g/mol. The number of benzene rings is 1. The van der Waals surface area contributed by atoms with E-state index in [0.29, 0.717) is 31.9 Å². The van der Waals surface area contributed by atoms with Crippen LogP contribution in [0.5, 0.6) is 0 Å². The molecule has 1 aliphatic heterocycles. The van der Waals surface area contributed by atoms with Crippen molar-refractivity contribution >= 4 is 27.5 Å². The minimum absolute atomic E-state index is 0.0239. The summed E-state index contributed by atoms with van der Waals surface area (Å²) in [7, 11) is 0. The number of alkyl halides is 3. The number of carbonyl (C=O) groups is 1. The molecule has 1 aromatic heterocycles. The maximum absolute atomic E-state index is 13.2. The van der Waals surface area contributed by atoms with E-state index >= 15 is 0 Å². The van der Waals surface area contributed by atoms with Gasteiger partial charge in [0.2, 0.25) is 5.91 Å². The molecule has 28 heavy (non-hydrogen) atoms. The van der Waals surface area contributed by atoms with E-state index in [1.807, 2.05) is 30.3 Å². The van der Waals surface area contributed by atoms with E-state index < -0.39 is 11.9 Å². The minimum atomic E-state index is -4.54. The summed E-state index contributed by atoms with van der Waals surface area (Å²) >= 11 is 3.06. The predicted octanol–water partition coefficient (Wildman–Crippen LogP) is 3.89. The number of nitrogens with zero attached hydrogens (tertiary/aromatic N) is 4. The molecule has 0 radical (unpaired) electrons. The molecule has 2 aliphatic rings. The Balaban J connectivity index is 1.45. The smallest absolute Gasteiger partial charge is 0.368 e. The number of carbonyl (C=O) groups excluding carboxylic acids is 1.